The fourth-order valence-electron chi connectivity index (χ4n) is 3.56. The van der Waals surface area contributed by atoms with Gasteiger partial charge in [-0.2, -0.15) is 0 Å². The molecule has 0 bridgehead atoms. The van der Waals surface area contributed by atoms with Gasteiger partial charge in [0, 0.05) is 34.6 Å². The van der Waals surface area contributed by atoms with Crippen molar-refractivity contribution in [1.82, 2.24) is 9.55 Å². The van der Waals surface area contributed by atoms with Gasteiger partial charge in [0.1, 0.15) is 5.82 Å². The molecule has 0 N–H and O–H groups in total. The molecule has 0 aliphatic rings. The van der Waals surface area contributed by atoms with Crippen molar-refractivity contribution in [2.45, 2.75) is 91.4 Å². The third-order valence-electron chi connectivity index (χ3n) is 5.34. The molecule has 0 spiro atoms. The summed E-state index contributed by atoms with van der Waals surface area (Å²) in [7, 11) is 4.18. The molecule has 0 radical (unpaired) electrons. The summed E-state index contributed by atoms with van der Waals surface area (Å²) >= 11 is 5.18. The summed E-state index contributed by atoms with van der Waals surface area (Å²) in [6.45, 7) is 17.4. The zero-order valence-electron chi connectivity index (χ0n) is 23.1. The minimum absolute atomic E-state index is 0.0337. The zero-order valence-corrected chi connectivity index (χ0v) is 25.5. The number of halogens is 1. The van der Waals surface area contributed by atoms with Crippen molar-refractivity contribution < 1.29 is 0 Å². The Morgan fingerprint density at radius 1 is 1.03 bits per heavy atom. The summed E-state index contributed by atoms with van der Waals surface area (Å²) in [5.41, 5.74) is 3.40. The van der Waals surface area contributed by atoms with E-state index in [2.05, 4.69) is 123 Å². The molecule has 2 aromatic carbocycles. The normalized spacial score (nSPS) is 11.1. The molecule has 0 unspecified atom stereocenters. The summed E-state index contributed by atoms with van der Waals surface area (Å²) in [4.78, 5) is 6.07. The van der Waals surface area contributed by atoms with E-state index < -0.39 is 0 Å². The van der Waals surface area contributed by atoms with Gasteiger partial charge < -0.3 is 8.87 Å². The number of benzene rings is 2. The van der Waals surface area contributed by atoms with Gasteiger partial charge in [-0.05, 0) is 60.3 Å². The second kappa shape index (κ2) is 14.8. The molecule has 0 aliphatic carbocycles. The molecule has 0 aliphatic heterocycles. The quantitative estimate of drug-likeness (QED) is 0.217. The van der Waals surface area contributed by atoms with Crippen molar-refractivity contribution in [3.8, 4) is 0 Å². The lowest BCUT2D eigenvalue weighted by Gasteiger charge is -2.18. The number of rotatable bonds is 7. The molecule has 0 fully saturated rings. The first-order valence-corrected chi connectivity index (χ1v) is 14.2. The average Bonchev–Trinajstić information content (AvgIpc) is 3.13. The van der Waals surface area contributed by atoms with Crippen LogP contribution in [0, 0.1) is 5.92 Å². The van der Waals surface area contributed by atoms with E-state index in [4.69, 9.17) is 4.98 Å². The lowest BCUT2D eigenvalue weighted by Crippen LogP contribution is -2.17. The van der Waals surface area contributed by atoms with E-state index in [0.717, 1.165) is 27.4 Å². The molecular formula is C29H46BrN3S. The zero-order chi connectivity index (χ0) is 25.9. The van der Waals surface area contributed by atoms with E-state index in [-0.39, 0.29) is 5.41 Å². The number of unbranched alkanes of at least 4 members (excludes halogenated alkanes) is 2. The van der Waals surface area contributed by atoms with Crippen molar-refractivity contribution >= 4 is 44.6 Å². The van der Waals surface area contributed by atoms with Gasteiger partial charge in [0.15, 0.2) is 0 Å². The van der Waals surface area contributed by atoms with Gasteiger partial charge >= 0.3 is 0 Å². The monoisotopic (exact) mass is 547 g/mol. The van der Waals surface area contributed by atoms with Crippen molar-refractivity contribution in [3.63, 3.8) is 0 Å². The van der Waals surface area contributed by atoms with Gasteiger partial charge in [-0.3, -0.25) is 0 Å². The number of aromatic nitrogens is 2. The third-order valence-corrected chi connectivity index (χ3v) is 6.84. The Morgan fingerprint density at radius 3 is 2.18 bits per heavy atom. The summed E-state index contributed by atoms with van der Waals surface area (Å²) in [5.74, 6) is 2.01. The van der Waals surface area contributed by atoms with E-state index in [1.165, 1.54) is 36.1 Å². The Hall–Kier alpha value is -1.46. The minimum atomic E-state index is 0.0337. The second-order valence-corrected chi connectivity index (χ2v) is 12.0. The molecule has 3 rings (SSSR count). The second-order valence-electron chi connectivity index (χ2n) is 9.85. The van der Waals surface area contributed by atoms with E-state index >= 15 is 0 Å². The summed E-state index contributed by atoms with van der Waals surface area (Å²) in [6, 6.07) is 14.8. The van der Waals surface area contributed by atoms with Gasteiger partial charge in [-0.1, -0.05) is 97.0 Å². The van der Waals surface area contributed by atoms with Crippen LogP contribution in [0.4, 0.5) is 5.69 Å². The molecule has 1 aromatic heterocycles. The lowest BCUT2D eigenvalue weighted by molar-refractivity contribution is 0.526. The maximum atomic E-state index is 4.87. The van der Waals surface area contributed by atoms with Gasteiger partial charge in [-0.25, -0.2) is 4.98 Å². The molecule has 0 atom stereocenters. The number of nitrogens with zero attached hydrogens (tertiary/aromatic N) is 3. The van der Waals surface area contributed by atoms with Crippen LogP contribution in [0.15, 0.2) is 51.8 Å². The molecule has 190 valence electrons. The highest BCUT2D eigenvalue weighted by Crippen LogP contribution is 2.32. The van der Waals surface area contributed by atoms with E-state index in [0.29, 0.717) is 0 Å². The van der Waals surface area contributed by atoms with Gasteiger partial charge in [-0.15, -0.1) is 0 Å². The van der Waals surface area contributed by atoms with Crippen LogP contribution < -0.4 is 4.31 Å². The highest BCUT2D eigenvalue weighted by atomic mass is 79.9. The first-order chi connectivity index (χ1) is 16.0. The van der Waals surface area contributed by atoms with Crippen molar-refractivity contribution in [2.24, 2.45) is 13.0 Å². The summed E-state index contributed by atoms with van der Waals surface area (Å²) < 4.78 is 5.47. The van der Waals surface area contributed by atoms with Gasteiger partial charge in [0.2, 0.25) is 0 Å². The van der Waals surface area contributed by atoms with Crippen LogP contribution in [-0.2, 0) is 12.5 Å². The van der Waals surface area contributed by atoms with Gasteiger partial charge in [0.05, 0.1) is 11.0 Å². The number of fused-ring (bicyclic) bond motifs is 1. The maximum absolute atomic E-state index is 4.87. The number of anilines is 1. The van der Waals surface area contributed by atoms with Crippen molar-refractivity contribution in [3.05, 3.63) is 52.8 Å². The van der Waals surface area contributed by atoms with Crippen molar-refractivity contribution in [1.29, 1.82) is 0 Å². The van der Waals surface area contributed by atoms with E-state index in [1.54, 1.807) is 11.9 Å². The molecule has 3 nitrogen and oxygen atoms in total. The maximum Gasteiger partial charge on any atom is 0.115 e. The fourth-order valence-corrected chi connectivity index (χ4v) is 4.62. The topological polar surface area (TPSA) is 21.1 Å². The lowest BCUT2D eigenvalue weighted by atomic mass is 9.96. The van der Waals surface area contributed by atoms with Crippen LogP contribution in [0.3, 0.4) is 0 Å². The number of aryl methyl sites for hydroxylation is 1. The Labute approximate surface area is 222 Å². The Bertz CT molecular complexity index is 971. The summed E-state index contributed by atoms with van der Waals surface area (Å²) in [5, 5.41) is 0. The largest absolute Gasteiger partial charge is 0.331 e. The first-order valence-electron chi connectivity index (χ1n) is 12.7. The number of imidazole rings is 1. The molecule has 34 heavy (non-hydrogen) atoms. The number of hydrogen-bond acceptors (Lipinski definition) is 3. The van der Waals surface area contributed by atoms with Crippen LogP contribution >= 0.6 is 27.9 Å². The molecule has 5 heteroatoms. The molecule has 0 saturated carbocycles. The van der Waals surface area contributed by atoms with Crippen LogP contribution in [0.25, 0.3) is 11.0 Å². The highest BCUT2D eigenvalue weighted by molar-refractivity contribution is 9.10. The summed E-state index contributed by atoms with van der Waals surface area (Å²) in [6.07, 6.45) is 5.60. The fraction of sp³-hybridized carbons (Fsp3) is 0.552. The van der Waals surface area contributed by atoms with Crippen LogP contribution in [0.1, 0.15) is 86.9 Å². The Balaban J connectivity index is 0.000000493. The predicted molar refractivity (Wildman–Crippen MR) is 158 cm³/mol. The number of hydrogen-bond donors (Lipinski definition) is 0. The van der Waals surface area contributed by atoms with Crippen LogP contribution in [-0.4, -0.2) is 16.6 Å². The standard InChI is InChI=1S/C19H22BrN3S.C8H18.C2H6/c1-19(2,3)18-21-16-12-14(8-11-17(16)22(18)4)23(5)24-15-9-6-13(20)7-10-15;1-4-5-6-7-8(2)3;1-2/h6-12H,1-5H3;8H,4-7H2,1-3H3;1-2H3. The van der Waals surface area contributed by atoms with E-state index in [1.807, 2.05) is 13.8 Å². The minimum Gasteiger partial charge on any atom is -0.331 e. The molecule has 3 aromatic rings. The first kappa shape index (κ1) is 30.6. The Morgan fingerprint density at radius 2 is 1.65 bits per heavy atom. The highest BCUT2D eigenvalue weighted by Gasteiger charge is 2.21. The van der Waals surface area contributed by atoms with Crippen molar-refractivity contribution in [2.75, 3.05) is 11.4 Å². The molecular weight excluding hydrogens is 502 g/mol. The van der Waals surface area contributed by atoms with E-state index in [9.17, 15) is 0 Å². The smallest absolute Gasteiger partial charge is 0.115 e. The van der Waals surface area contributed by atoms with Crippen LogP contribution in [0.2, 0.25) is 0 Å². The molecule has 0 saturated heterocycles. The third kappa shape index (κ3) is 9.65. The molecule has 1 heterocycles. The van der Waals surface area contributed by atoms with Crippen LogP contribution in [0.5, 0.6) is 0 Å². The Kier molecular flexibility index (Phi) is 13.3. The average molecular weight is 549 g/mol. The molecule has 0 amide bonds. The SMILES string of the molecule is CC.CCCCCC(C)C.CN(Sc1ccc(Br)cc1)c1ccc2c(c1)nc(C(C)(C)C)n2C. The van der Waals surface area contributed by atoms with Gasteiger partial charge in [0.25, 0.3) is 0 Å². The predicted octanol–water partition coefficient (Wildman–Crippen LogP) is 10.0.